The zero-order valence-corrected chi connectivity index (χ0v) is 8.36. The molecule has 0 aliphatic rings. The lowest BCUT2D eigenvalue weighted by Gasteiger charge is -2.16. The average Bonchev–Trinajstić information content (AvgIpc) is 1.83. The summed E-state index contributed by atoms with van der Waals surface area (Å²) in [6, 6.07) is 0. The molecule has 0 heterocycles. The largest absolute Gasteiger partial charge is 0.294 e. The highest BCUT2D eigenvalue weighted by Crippen LogP contribution is 2.01. The van der Waals surface area contributed by atoms with Crippen LogP contribution in [-0.4, -0.2) is 26.2 Å². The Hall–Kier alpha value is -0.450. The molecule has 1 atom stereocenters. The van der Waals surface area contributed by atoms with Gasteiger partial charge < -0.3 is 0 Å². The molecular formula is C8H15NO2S. The Morgan fingerprint density at radius 2 is 1.67 bits per heavy atom. The standard InChI is InChI=1S/C8H15NO2S/c1-7(2)5-9(12(10)11)6-8(3)4/h1,3,5-6H2,2,4H3,(H,10,11). The van der Waals surface area contributed by atoms with Gasteiger partial charge in [-0.15, -0.1) is 0 Å². The number of hydrogen-bond donors (Lipinski definition) is 1. The van der Waals surface area contributed by atoms with E-state index in [2.05, 4.69) is 13.2 Å². The van der Waals surface area contributed by atoms with Gasteiger partial charge in [-0.25, -0.2) is 4.21 Å². The fourth-order valence-electron chi connectivity index (χ4n) is 0.768. The molecule has 4 heteroatoms. The van der Waals surface area contributed by atoms with Gasteiger partial charge in [0, 0.05) is 13.1 Å². The van der Waals surface area contributed by atoms with Crippen molar-refractivity contribution in [2.24, 2.45) is 0 Å². The highest BCUT2D eigenvalue weighted by atomic mass is 32.2. The molecule has 0 aliphatic heterocycles. The molecule has 0 radical (unpaired) electrons. The fourth-order valence-corrected chi connectivity index (χ4v) is 1.43. The summed E-state index contributed by atoms with van der Waals surface area (Å²) in [6.45, 7) is 11.8. The van der Waals surface area contributed by atoms with Gasteiger partial charge in [0.1, 0.15) is 0 Å². The second kappa shape index (κ2) is 5.24. The maximum atomic E-state index is 10.7. The maximum absolute atomic E-state index is 10.7. The highest BCUT2D eigenvalue weighted by Gasteiger charge is 2.10. The zero-order chi connectivity index (χ0) is 9.72. The van der Waals surface area contributed by atoms with Crippen molar-refractivity contribution in [2.45, 2.75) is 13.8 Å². The van der Waals surface area contributed by atoms with E-state index in [0.717, 1.165) is 11.1 Å². The third-order valence-electron chi connectivity index (χ3n) is 1.11. The molecule has 1 N–H and O–H groups in total. The molecule has 0 fully saturated rings. The summed E-state index contributed by atoms with van der Waals surface area (Å²) in [5.74, 6) is 0. The molecule has 12 heavy (non-hydrogen) atoms. The van der Waals surface area contributed by atoms with E-state index >= 15 is 0 Å². The van der Waals surface area contributed by atoms with Gasteiger partial charge in [-0.2, -0.15) is 4.31 Å². The van der Waals surface area contributed by atoms with Crippen molar-refractivity contribution in [3.05, 3.63) is 24.3 Å². The van der Waals surface area contributed by atoms with Crippen molar-refractivity contribution in [3.63, 3.8) is 0 Å². The average molecular weight is 189 g/mol. The Kier molecular flexibility index (Phi) is 5.04. The lowest BCUT2D eigenvalue weighted by atomic mass is 10.3. The van der Waals surface area contributed by atoms with Crippen molar-refractivity contribution in [1.82, 2.24) is 4.31 Å². The van der Waals surface area contributed by atoms with Crippen molar-refractivity contribution < 1.29 is 8.76 Å². The predicted octanol–water partition coefficient (Wildman–Crippen LogP) is 1.58. The molecular weight excluding hydrogens is 174 g/mol. The zero-order valence-electron chi connectivity index (χ0n) is 7.54. The van der Waals surface area contributed by atoms with Gasteiger partial charge in [0.25, 0.3) is 0 Å². The summed E-state index contributed by atoms with van der Waals surface area (Å²) in [5.41, 5.74) is 1.72. The molecule has 0 aliphatic carbocycles. The molecule has 0 aromatic rings. The summed E-state index contributed by atoms with van der Waals surface area (Å²) in [6.07, 6.45) is 0. The molecule has 0 saturated heterocycles. The lowest BCUT2D eigenvalue weighted by Crippen LogP contribution is -2.28. The Bertz CT molecular complexity index is 197. The van der Waals surface area contributed by atoms with Crippen LogP contribution in [0.25, 0.3) is 0 Å². The van der Waals surface area contributed by atoms with Crippen LogP contribution in [-0.2, 0) is 11.3 Å². The molecule has 0 saturated carbocycles. The minimum Gasteiger partial charge on any atom is -0.294 e. The predicted molar refractivity (Wildman–Crippen MR) is 52.0 cm³/mol. The fraction of sp³-hybridized carbons (Fsp3) is 0.500. The van der Waals surface area contributed by atoms with E-state index in [1.807, 2.05) is 13.8 Å². The van der Waals surface area contributed by atoms with E-state index in [-0.39, 0.29) is 0 Å². The van der Waals surface area contributed by atoms with Crippen LogP contribution in [0.15, 0.2) is 24.3 Å². The van der Waals surface area contributed by atoms with Gasteiger partial charge in [0.2, 0.25) is 11.3 Å². The quantitative estimate of drug-likeness (QED) is 0.527. The van der Waals surface area contributed by atoms with Crippen molar-refractivity contribution in [1.29, 1.82) is 0 Å². The Morgan fingerprint density at radius 1 is 1.33 bits per heavy atom. The van der Waals surface area contributed by atoms with Crippen LogP contribution >= 0.6 is 0 Å². The van der Waals surface area contributed by atoms with Crippen LogP contribution in [0, 0.1) is 0 Å². The molecule has 0 spiro atoms. The molecule has 3 nitrogen and oxygen atoms in total. The summed E-state index contributed by atoms with van der Waals surface area (Å²) < 4.78 is 20.9. The van der Waals surface area contributed by atoms with Crippen LogP contribution < -0.4 is 0 Å². The van der Waals surface area contributed by atoms with E-state index < -0.39 is 11.3 Å². The highest BCUT2D eigenvalue weighted by molar-refractivity contribution is 7.76. The maximum Gasteiger partial charge on any atom is 0.235 e. The minimum atomic E-state index is -1.93. The summed E-state index contributed by atoms with van der Waals surface area (Å²) in [4.78, 5) is 0. The molecule has 1 unspecified atom stereocenters. The first kappa shape index (κ1) is 11.6. The van der Waals surface area contributed by atoms with Crippen LogP contribution in [0.5, 0.6) is 0 Å². The van der Waals surface area contributed by atoms with Crippen LogP contribution in [0.4, 0.5) is 0 Å². The monoisotopic (exact) mass is 189 g/mol. The van der Waals surface area contributed by atoms with Crippen LogP contribution in [0.2, 0.25) is 0 Å². The van der Waals surface area contributed by atoms with Crippen molar-refractivity contribution in [3.8, 4) is 0 Å². The van der Waals surface area contributed by atoms with Gasteiger partial charge in [-0.3, -0.25) is 4.55 Å². The van der Waals surface area contributed by atoms with Crippen molar-refractivity contribution >= 4 is 11.3 Å². The van der Waals surface area contributed by atoms with Gasteiger partial charge in [-0.1, -0.05) is 24.3 Å². The second-order valence-electron chi connectivity index (χ2n) is 2.94. The SMILES string of the molecule is C=C(C)CN(CC(=C)C)S(=O)O. The molecule has 0 amide bonds. The second-order valence-corrected chi connectivity index (χ2v) is 3.92. The van der Waals surface area contributed by atoms with E-state index in [1.54, 1.807) is 0 Å². The molecule has 0 aromatic carbocycles. The molecule has 0 bridgehead atoms. The first-order valence-corrected chi connectivity index (χ1v) is 4.64. The number of hydrogen-bond acceptors (Lipinski definition) is 1. The summed E-state index contributed by atoms with van der Waals surface area (Å²) >= 11 is -1.93. The first-order valence-electron chi connectivity index (χ1n) is 3.58. The van der Waals surface area contributed by atoms with Gasteiger partial charge in [0.05, 0.1) is 0 Å². The van der Waals surface area contributed by atoms with E-state index in [9.17, 15) is 4.21 Å². The third-order valence-corrected chi connectivity index (χ3v) is 1.81. The van der Waals surface area contributed by atoms with E-state index in [4.69, 9.17) is 4.55 Å². The first-order chi connectivity index (χ1) is 5.43. The van der Waals surface area contributed by atoms with Crippen LogP contribution in [0.3, 0.4) is 0 Å². The minimum absolute atomic E-state index is 0.427. The van der Waals surface area contributed by atoms with Gasteiger partial charge in [0.15, 0.2) is 0 Å². The summed E-state index contributed by atoms with van der Waals surface area (Å²) in [7, 11) is 0. The van der Waals surface area contributed by atoms with Gasteiger partial charge in [-0.05, 0) is 13.8 Å². The molecule has 70 valence electrons. The molecule has 0 rings (SSSR count). The normalized spacial score (nSPS) is 13.0. The van der Waals surface area contributed by atoms with E-state index in [0.29, 0.717) is 13.1 Å². The van der Waals surface area contributed by atoms with E-state index in [1.165, 1.54) is 4.31 Å². The number of nitrogens with zero attached hydrogens (tertiary/aromatic N) is 1. The topological polar surface area (TPSA) is 40.5 Å². The smallest absolute Gasteiger partial charge is 0.235 e. The van der Waals surface area contributed by atoms with Crippen molar-refractivity contribution in [2.75, 3.05) is 13.1 Å². The van der Waals surface area contributed by atoms with Crippen LogP contribution in [0.1, 0.15) is 13.8 Å². The van der Waals surface area contributed by atoms with Gasteiger partial charge >= 0.3 is 0 Å². The Balaban J connectivity index is 4.14. The summed E-state index contributed by atoms with van der Waals surface area (Å²) in [5, 5.41) is 0. The Labute approximate surface area is 76.2 Å². The number of rotatable bonds is 5. The third kappa shape index (κ3) is 5.23. The Morgan fingerprint density at radius 3 is 1.83 bits per heavy atom. The lowest BCUT2D eigenvalue weighted by molar-refractivity contribution is 0.439. The molecule has 0 aromatic heterocycles.